The molecule has 1 heterocycles. The SMILES string of the molecule is C=CC(N)C(=O)c1cccs1. The Labute approximate surface area is 69.3 Å². The Kier molecular flexibility index (Phi) is 2.57. The van der Waals surface area contributed by atoms with Crippen molar-refractivity contribution < 1.29 is 4.79 Å². The van der Waals surface area contributed by atoms with Crippen molar-refractivity contribution in [2.24, 2.45) is 5.73 Å². The van der Waals surface area contributed by atoms with Gasteiger partial charge in [-0.3, -0.25) is 4.79 Å². The summed E-state index contributed by atoms with van der Waals surface area (Å²) in [4.78, 5) is 11.9. The van der Waals surface area contributed by atoms with Crippen LogP contribution in [0.15, 0.2) is 30.2 Å². The average Bonchev–Trinajstić information content (AvgIpc) is 2.53. The number of ketones is 1. The number of nitrogens with two attached hydrogens (primary N) is 1. The van der Waals surface area contributed by atoms with E-state index in [-0.39, 0.29) is 5.78 Å². The van der Waals surface area contributed by atoms with Crippen molar-refractivity contribution in [1.29, 1.82) is 0 Å². The molecule has 1 atom stereocenters. The zero-order valence-electron chi connectivity index (χ0n) is 5.99. The van der Waals surface area contributed by atoms with Gasteiger partial charge in [0.05, 0.1) is 10.9 Å². The minimum atomic E-state index is -0.561. The predicted octanol–water partition coefficient (Wildman–Crippen LogP) is 1.44. The molecule has 0 spiro atoms. The summed E-state index contributed by atoms with van der Waals surface area (Å²) in [6.07, 6.45) is 1.45. The van der Waals surface area contributed by atoms with Crippen LogP contribution in [0.4, 0.5) is 0 Å². The second kappa shape index (κ2) is 3.46. The van der Waals surface area contributed by atoms with Gasteiger partial charge >= 0.3 is 0 Å². The van der Waals surface area contributed by atoms with Crippen molar-refractivity contribution in [2.75, 3.05) is 0 Å². The third kappa shape index (κ3) is 1.76. The van der Waals surface area contributed by atoms with E-state index in [1.165, 1.54) is 17.4 Å². The number of hydrogen-bond acceptors (Lipinski definition) is 3. The Hall–Kier alpha value is -0.930. The molecule has 1 rings (SSSR count). The normalized spacial score (nSPS) is 12.5. The molecular formula is C8H9NOS. The molecule has 0 saturated heterocycles. The quantitative estimate of drug-likeness (QED) is 0.547. The van der Waals surface area contributed by atoms with Gasteiger partial charge in [-0.2, -0.15) is 0 Å². The largest absolute Gasteiger partial charge is 0.318 e. The first kappa shape index (κ1) is 8.17. The summed E-state index contributed by atoms with van der Waals surface area (Å²) in [6.45, 7) is 3.45. The van der Waals surface area contributed by atoms with Gasteiger partial charge in [-0.1, -0.05) is 12.1 Å². The van der Waals surface area contributed by atoms with Crippen LogP contribution in [-0.4, -0.2) is 11.8 Å². The smallest absolute Gasteiger partial charge is 0.193 e. The lowest BCUT2D eigenvalue weighted by molar-refractivity contribution is 0.0982. The van der Waals surface area contributed by atoms with Crippen LogP contribution in [0, 0.1) is 0 Å². The maximum absolute atomic E-state index is 11.3. The van der Waals surface area contributed by atoms with E-state index in [9.17, 15) is 4.79 Å². The average molecular weight is 167 g/mol. The Morgan fingerprint density at radius 3 is 3.00 bits per heavy atom. The molecule has 0 aromatic carbocycles. The molecule has 1 aromatic heterocycles. The highest BCUT2D eigenvalue weighted by Gasteiger charge is 2.12. The Morgan fingerprint density at radius 1 is 1.82 bits per heavy atom. The minimum absolute atomic E-state index is 0.0602. The number of thiophene rings is 1. The summed E-state index contributed by atoms with van der Waals surface area (Å²) in [5.41, 5.74) is 5.45. The van der Waals surface area contributed by atoms with Crippen molar-refractivity contribution in [2.45, 2.75) is 6.04 Å². The van der Waals surface area contributed by atoms with Crippen LogP contribution in [0.1, 0.15) is 9.67 Å². The van der Waals surface area contributed by atoms with Gasteiger partial charge in [0.2, 0.25) is 0 Å². The van der Waals surface area contributed by atoms with Crippen molar-refractivity contribution in [3.05, 3.63) is 35.0 Å². The van der Waals surface area contributed by atoms with Crippen LogP contribution in [0.3, 0.4) is 0 Å². The first-order chi connectivity index (χ1) is 5.25. The van der Waals surface area contributed by atoms with E-state index in [0.29, 0.717) is 4.88 Å². The van der Waals surface area contributed by atoms with Crippen molar-refractivity contribution >= 4 is 17.1 Å². The van der Waals surface area contributed by atoms with Crippen LogP contribution in [0.2, 0.25) is 0 Å². The van der Waals surface area contributed by atoms with Crippen molar-refractivity contribution in [3.63, 3.8) is 0 Å². The molecule has 2 N–H and O–H groups in total. The van der Waals surface area contributed by atoms with E-state index >= 15 is 0 Å². The van der Waals surface area contributed by atoms with Crippen LogP contribution < -0.4 is 5.73 Å². The van der Waals surface area contributed by atoms with E-state index in [4.69, 9.17) is 5.73 Å². The fourth-order valence-electron chi connectivity index (χ4n) is 0.690. The second-order valence-corrected chi connectivity index (χ2v) is 3.05. The fourth-order valence-corrected chi connectivity index (χ4v) is 1.40. The number of rotatable bonds is 3. The molecule has 58 valence electrons. The third-order valence-electron chi connectivity index (χ3n) is 1.32. The number of hydrogen-bond donors (Lipinski definition) is 1. The number of Topliss-reactive ketones (excluding diaryl/α,β-unsaturated/α-hetero) is 1. The van der Waals surface area contributed by atoms with Gasteiger partial charge < -0.3 is 5.73 Å². The van der Waals surface area contributed by atoms with Crippen molar-refractivity contribution in [3.8, 4) is 0 Å². The predicted molar refractivity (Wildman–Crippen MR) is 46.8 cm³/mol. The van der Waals surface area contributed by atoms with Crippen LogP contribution in [0.5, 0.6) is 0 Å². The summed E-state index contributed by atoms with van der Waals surface area (Å²) < 4.78 is 0. The molecule has 0 fully saturated rings. The number of carbonyl (C=O) groups is 1. The second-order valence-electron chi connectivity index (χ2n) is 2.10. The molecule has 3 heteroatoms. The lowest BCUT2D eigenvalue weighted by Crippen LogP contribution is -2.27. The van der Waals surface area contributed by atoms with Gasteiger partial charge in [-0.05, 0) is 11.4 Å². The summed E-state index contributed by atoms with van der Waals surface area (Å²) in [7, 11) is 0. The lowest BCUT2D eigenvalue weighted by atomic mass is 10.2. The zero-order chi connectivity index (χ0) is 8.27. The molecule has 0 bridgehead atoms. The molecule has 0 saturated carbocycles. The summed E-state index contributed by atoms with van der Waals surface area (Å²) in [5, 5.41) is 1.85. The highest BCUT2D eigenvalue weighted by atomic mass is 32.1. The van der Waals surface area contributed by atoms with E-state index in [1.54, 1.807) is 6.07 Å². The first-order valence-corrected chi connectivity index (χ1v) is 4.09. The van der Waals surface area contributed by atoms with E-state index in [1.807, 2.05) is 11.4 Å². The van der Waals surface area contributed by atoms with E-state index < -0.39 is 6.04 Å². The fraction of sp³-hybridized carbons (Fsp3) is 0.125. The van der Waals surface area contributed by atoms with E-state index in [0.717, 1.165) is 0 Å². The summed E-state index contributed by atoms with van der Waals surface area (Å²) in [6, 6.07) is 3.03. The van der Waals surface area contributed by atoms with Gasteiger partial charge in [0.15, 0.2) is 5.78 Å². The highest BCUT2D eigenvalue weighted by Crippen LogP contribution is 2.10. The van der Waals surface area contributed by atoms with Crippen LogP contribution >= 0.6 is 11.3 Å². The molecule has 0 amide bonds. The van der Waals surface area contributed by atoms with Gasteiger partial charge in [0.25, 0.3) is 0 Å². The summed E-state index contributed by atoms with van der Waals surface area (Å²) in [5.74, 6) is -0.0602. The minimum Gasteiger partial charge on any atom is -0.318 e. The monoisotopic (exact) mass is 167 g/mol. The topological polar surface area (TPSA) is 43.1 Å². The summed E-state index contributed by atoms with van der Waals surface area (Å²) >= 11 is 1.40. The van der Waals surface area contributed by atoms with E-state index in [2.05, 4.69) is 6.58 Å². The first-order valence-electron chi connectivity index (χ1n) is 3.21. The lowest BCUT2D eigenvalue weighted by Gasteiger charge is -2.00. The van der Waals surface area contributed by atoms with Gasteiger partial charge in [-0.15, -0.1) is 17.9 Å². The maximum Gasteiger partial charge on any atom is 0.193 e. The molecule has 0 radical (unpaired) electrons. The third-order valence-corrected chi connectivity index (χ3v) is 2.21. The Balaban J connectivity index is 2.78. The van der Waals surface area contributed by atoms with Gasteiger partial charge in [0.1, 0.15) is 0 Å². The maximum atomic E-state index is 11.3. The Morgan fingerprint density at radius 2 is 2.55 bits per heavy atom. The van der Waals surface area contributed by atoms with Crippen LogP contribution in [-0.2, 0) is 0 Å². The highest BCUT2D eigenvalue weighted by molar-refractivity contribution is 7.12. The molecule has 1 aromatic rings. The van der Waals surface area contributed by atoms with Gasteiger partial charge in [-0.25, -0.2) is 0 Å². The molecule has 2 nitrogen and oxygen atoms in total. The molecule has 0 aliphatic carbocycles. The molecule has 0 aliphatic rings. The molecule has 0 aliphatic heterocycles. The standard InChI is InChI=1S/C8H9NOS/c1-2-6(9)8(10)7-4-3-5-11-7/h2-6H,1,9H2. The zero-order valence-corrected chi connectivity index (χ0v) is 6.80. The van der Waals surface area contributed by atoms with Crippen LogP contribution in [0.25, 0.3) is 0 Å². The molecule has 11 heavy (non-hydrogen) atoms. The Bertz CT molecular complexity index is 253. The van der Waals surface area contributed by atoms with Crippen molar-refractivity contribution in [1.82, 2.24) is 0 Å². The molecular weight excluding hydrogens is 158 g/mol. The van der Waals surface area contributed by atoms with Gasteiger partial charge in [0, 0.05) is 0 Å². The molecule has 1 unspecified atom stereocenters. The number of carbonyl (C=O) groups excluding carboxylic acids is 1.